The molecule has 23 heavy (non-hydrogen) atoms. The van der Waals surface area contributed by atoms with Crippen molar-refractivity contribution in [2.24, 2.45) is 0 Å². The van der Waals surface area contributed by atoms with Crippen LogP contribution in [0, 0.1) is 0 Å². The Hall–Kier alpha value is -1.43. The highest BCUT2D eigenvalue weighted by Crippen LogP contribution is 2.34. The predicted octanol–water partition coefficient (Wildman–Crippen LogP) is 5.15. The van der Waals surface area contributed by atoms with E-state index < -0.39 is 0 Å². The van der Waals surface area contributed by atoms with Crippen LogP contribution in [0.25, 0.3) is 0 Å². The summed E-state index contributed by atoms with van der Waals surface area (Å²) in [7, 11) is 1.61. The lowest BCUT2D eigenvalue weighted by Gasteiger charge is -2.13. The minimum absolute atomic E-state index is 0.288. The highest BCUT2D eigenvalue weighted by atomic mass is 35.5. The number of thioether (sulfide) groups is 1. The molecule has 0 fully saturated rings. The minimum atomic E-state index is -0.298. The third-order valence-corrected chi connectivity index (χ3v) is 4.50. The molecule has 0 saturated carbocycles. The summed E-state index contributed by atoms with van der Waals surface area (Å²) in [6, 6.07) is 5.26. The molecule has 0 unspecified atom stereocenters. The molecule has 2 rings (SSSR count). The molecule has 1 aromatic carbocycles. The maximum atomic E-state index is 12.5. The van der Waals surface area contributed by atoms with Crippen LogP contribution in [0.3, 0.4) is 0 Å². The maximum absolute atomic E-state index is 12.5. The van der Waals surface area contributed by atoms with E-state index in [1.807, 2.05) is 0 Å². The van der Waals surface area contributed by atoms with Crippen molar-refractivity contribution in [1.82, 2.24) is 4.98 Å². The van der Waals surface area contributed by atoms with Gasteiger partial charge in [-0.15, -0.1) is 11.8 Å². The van der Waals surface area contributed by atoms with Crippen molar-refractivity contribution in [2.45, 2.75) is 24.0 Å². The van der Waals surface area contributed by atoms with Crippen LogP contribution in [0.1, 0.15) is 24.2 Å². The Bertz CT molecular complexity index is 703. The highest BCUT2D eigenvalue weighted by Gasteiger charge is 2.15. The molecule has 0 aliphatic rings. The molecule has 0 bridgehead atoms. The van der Waals surface area contributed by atoms with E-state index in [9.17, 15) is 4.79 Å². The molecule has 1 heterocycles. The molecule has 1 aromatic heterocycles. The number of nitrogens with zero attached hydrogens (tertiary/aromatic N) is 1. The van der Waals surface area contributed by atoms with Gasteiger partial charge in [-0.2, -0.15) is 0 Å². The summed E-state index contributed by atoms with van der Waals surface area (Å²) >= 11 is 13.7. The summed E-state index contributed by atoms with van der Waals surface area (Å²) < 4.78 is 5.33. The first kappa shape index (κ1) is 17.9. The Kier molecular flexibility index (Phi) is 6.16. The normalized spacial score (nSPS) is 10.7. The number of pyridine rings is 1. The molecule has 4 nitrogen and oxygen atoms in total. The van der Waals surface area contributed by atoms with Crippen molar-refractivity contribution in [3.05, 3.63) is 46.2 Å². The second-order valence-corrected chi connectivity index (χ2v) is 7.40. The Labute approximate surface area is 149 Å². The lowest BCUT2D eigenvalue weighted by atomic mass is 10.2. The minimum Gasteiger partial charge on any atom is -0.496 e. The molecule has 0 radical (unpaired) electrons. The first-order chi connectivity index (χ1) is 10.9. The zero-order valence-corrected chi connectivity index (χ0v) is 15.2. The van der Waals surface area contributed by atoms with E-state index >= 15 is 0 Å². The summed E-state index contributed by atoms with van der Waals surface area (Å²) in [5.74, 6) is 0.438. The molecule has 7 heteroatoms. The smallest absolute Gasteiger partial charge is 0.255 e. The first-order valence-electron chi connectivity index (χ1n) is 6.87. The molecule has 0 atom stereocenters. The van der Waals surface area contributed by atoms with E-state index in [0.29, 0.717) is 16.5 Å². The van der Waals surface area contributed by atoms with Gasteiger partial charge in [-0.05, 0) is 18.2 Å². The molecule has 1 N–H and O–H groups in total. The molecule has 122 valence electrons. The number of carbonyl (C=O) groups is 1. The standard InChI is InChI=1S/C16H16Cl2N2O2S/c1-9(2)23-14-6-10(4-5-13(14)22-3)16(21)20-15-11(17)7-19-8-12(15)18/h4-9H,1-3H3,(H,19,20,21). The molecule has 0 aliphatic carbocycles. The fourth-order valence-corrected chi connectivity index (χ4v) is 3.31. The van der Waals surface area contributed by atoms with Crippen LogP contribution in [0.5, 0.6) is 5.75 Å². The van der Waals surface area contributed by atoms with E-state index in [0.717, 1.165) is 10.6 Å². The predicted molar refractivity (Wildman–Crippen MR) is 96.2 cm³/mol. The topological polar surface area (TPSA) is 51.2 Å². The first-order valence-corrected chi connectivity index (χ1v) is 8.51. The van der Waals surface area contributed by atoms with Crippen LogP contribution in [0.2, 0.25) is 10.0 Å². The van der Waals surface area contributed by atoms with Crippen LogP contribution in [0.15, 0.2) is 35.5 Å². The fourth-order valence-electron chi connectivity index (χ4n) is 1.88. The fraction of sp³-hybridized carbons (Fsp3) is 0.250. The number of hydrogen-bond acceptors (Lipinski definition) is 4. The van der Waals surface area contributed by atoms with Gasteiger partial charge in [0, 0.05) is 23.2 Å². The van der Waals surface area contributed by atoms with Crippen molar-refractivity contribution in [1.29, 1.82) is 0 Å². The molecular weight excluding hydrogens is 355 g/mol. The summed E-state index contributed by atoms with van der Waals surface area (Å²) in [5, 5.41) is 3.66. The van der Waals surface area contributed by atoms with Gasteiger partial charge in [0.25, 0.3) is 5.91 Å². The molecule has 2 aromatic rings. The van der Waals surface area contributed by atoms with E-state index in [4.69, 9.17) is 27.9 Å². The van der Waals surface area contributed by atoms with Crippen LogP contribution in [0.4, 0.5) is 5.69 Å². The molecule has 0 aliphatic heterocycles. The number of benzene rings is 1. The van der Waals surface area contributed by atoms with Crippen molar-refractivity contribution >= 4 is 46.6 Å². The van der Waals surface area contributed by atoms with Gasteiger partial charge >= 0.3 is 0 Å². The lowest BCUT2D eigenvalue weighted by Crippen LogP contribution is -2.13. The Morgan fingerprint density at radius 3 is 2.48 bits per heavy atom. The van der Waals surface area contributed by atoms with Gasteiger partial charge in [0.1, 0.15) is 5.75 Å². The van der Waals surface area contributed by atoms with E-state index in [2.05, 4.69) is 24.1 Å². The number of hydrogen-bond donors (Lipinski definition) is 1. The number of anilines is 1. The molecular formula is C16H16Cl2N2O2S. The molecule has 0 spiro atoms. The number of nitrogens with one attached hydrogen (secondary N) is 1. The van der Waals surface area contributed by atoms with Gasteiger partial charge in [-0.1, -0.05) is 37.0 Å². The van der Waals surface area contributed by atoms with E-state index in [1.165, 1.54) is 12.4 Å². The van der Waals surface area contributed by atoms with Gasteiger partial charge in [0.2, 0.25) is 0 Å². The van der Waals surface area contributed by atoms with Crippen LogP contribution in [-0.2, 0) is 0 Å². The summed E-state index contributed by atoms with van der Waals surface area (Å²) in [5.41, 5.74) is 0.847. The van der Waals surface area contributed by atoms with Crippen molar-refractivity contribution < 1.29 is 9.53 Å². The summed E-state index contributed by atoms with van der Waals surface area (Å²) in [6.45, 7) is 4.15. The summed E-state index contributed by atoms with van der Waals surface area (Å²) in [4.78, 5) is 17.2. The van der Waals surface area contributed by atoms with E-state index in [1.54, 1.807) is 37.1 Å². The zero-order valence-electron chi connectivity index (χ0n) is 12.9. The van der Waals surface area contributed by atoms with Gasteiger partial charge < -0.3 is 10.1 Å². The number of amides is 1. The maximum Gasteiger partial charge on any atom is 0.255 e. The third-order valence-electron chi connectivity index (χ3n) is 2.88. The number of ether oxygens (including phenoxy) is 1. The molecule has 1 amide bonds. The summed E-state index contributed by atoms with van der Waals surface area (Å²) in [6.07, 6.45) is 2.86. The van der Waals surface area contributed by atoms with Gasteiger partial charge in [0.15, 0.2) is 0 Å². The number of carbonyl (C=O) groups excluding carboxylic acids is 1. The average molecular weight is 371 g/mol. The molecule has 0 saturated heterocycles. The SMILES string of the molecule is COc1ccc(C(=O)Nc2c(Cl)cncc2Cl)cc1SC(C)C. The Morgan fingerprint density at radius 1 is 1.26 bits per heavy atom. The van der Waals surface area contributed by atoms with Crippen molar-refractivity contribution in [3.63, 3.8) is 0 Å². The van der Waals surface area contributed by atoms with Gasteiger partial charge in [0.05, 0.1) is 27.7 Å². The highest BCUT2D eigenvalue weighted by molar-refractivity contribution is 8.00. The van der Waals surface area contributed by atoms with Crippen LogP contribution < -0.4 is 10.1 Å². The quantitative estimate of drug-likeness (QED) is 0.739. The second kappa shape index (κ2) is 7.90. The van der Waals surface area contributed by atoms with Crippen molar-refractivity contribution in [3.8, 4) is 5.75 Å². The number of aromatic nitrogens is 1. The Balaban J connectivity index is 2.29. The third kappa shape index (κ3) is 4.53. The zero-order chi connectivity index (χ0) is 17.0. The van der Waals surface area contributed by atoms with Crippen molar-refractivity contribution in [2.75, 3.05) is 12.4 Å². The monoisotopic (exact) mass is 370 g/mol. The Morgan fingerprint density at radius 2 is 1.91 bits per heavy atom. The average Bonchev–Trinajstić information content (AvgIpc) is 2.50. The second-order valence-electron chi connectivity index (χ2n) is 4.96. The van der Waals surface area contributed by atoms with Crippen LogP contribution in [-0.4, -0.2) is 23.3 Å². The van der Waals surface area contributed by atoms with Gasteiger partial charge in [-0.25, -0.2) is 0 Å². The van der Waals surface area contributed by atoms with E-state index in [-0.39, 0.29) is 16.0 Å². The number of halogens is 2. The van der Waals surface area contributed by atoms with Gasteiger partial charge in [-0.3, -0.25) is 9.78 Å². The lowest BCUT2D eigenvalue weighted by molar-refractivity contribution is 0.102. The largest absolute Gasteiger partial charge is 0.496 e. The number of methoxy groups -OCH3 is 1. The number of rotatable bonds is 5. The van der Waals surface area contributed by atoms with Crippen LogP contribution >= 0.6 is 35.0 Å².